The summed E-state index contributed by atoms with van der Waals surface area (Å²) in [5.41, 5.74) is 0.557. The maximum absolute atomic E-state index is 12.4. The van der Waals surface area contributed by atoms with Gasteiger partial charge in [0.05, 0.1) is 12.0 Å². The van der Waals surface area contributed by atoms with Gasteiger partial charge in [0.15, 0.2) is 5.78 Å². The van der Waals surface area contributed by atoms with Crippen molar-refractivity contribution in [1.82, 2.24) is 4.90 Å². The predicted octanol–water partition coefficient (Wildman–Crippen LogP) is 2.55. The van der Waals surface area contributed by atoms with Gasteiger partial charge in [0.2, 0.25) is 5.91 Å². The lowest BCUT2D eigenvalue weighted by Gasteiger charge is -2.24. The number of carbonyl (C=O) groups is 3. The van der Waals surface area contributed by atoms with Crippen LogP contribution in [-0.4, -0.2) is 35.3 Å². The SMILES string of the molecule is CC/C=C(\C)C(=O)[C@@H](C)C(=O)N1C(=O)OC[C@@H]1C(C)C. The molecule has 2 atom stereocenters. The van der Waals surface area contributed by atoms with Crippen molar-refractivity contribution in [1.29, 1.82) is 0 Å². The van der Waals surface area contributed by atoms with Crippen molar-refractivity contribution in [3.05, 3.63) is 11.6 Å². The molecule has 0 unspecified atom stereocenters. The van der Waals surface area contributed by atoms with Crippen molar-refractivity contribution < 1.29 is 19.1 Å². The highest BCUT2D eigenvalue weighted by Gasteiger charge is 2.42. The highest BCUT2D eigenvalue weighted by atomic mass is 16.6. The summed E-state index contributed by atoms with van der Waals surface area (Å²) in [5.74, 6) is -1.47. The Labute approximate surface area is 120 Å². The van der Waals surface area contributed by atoms with E-state index in [9.17, 15) is 14.4 Å². The van der Waals surface area contributed by atoms with Gasteiger partial charge in [-0.1, -0.05) is 26.8 Å². The van der Waals surface area contributed by atoms with Gasteiger partial charge in [-0.25, -0.2) is 9.69 Å². The van der Waals surface area contributed by atoms with Crippen molar-refractivity contribution in [2.24, 2.45) is 11.8 Å². The van der Waals surface area contributed by atoms with Gasteiger partial charge in [0.25, 0.3) is 0 Å². The molecule has 2 amide bonds. The van der Waals surface area contributed by atoms with Crippen LogP contribution >= 0.6 is 0 Å². The summed E-state index contributed by atoms with van der Waals surface area (Å²) >= 11 is 0. The molecular weight excluding hydrogens is 258 g/mol. The topological polar surface area (TPSA) is 63.7 Å². The second-order valence-electron chi connectivity index (χ2n) is 5.48. The maximum atomic E-state index is 12.4. The lowest BCUT2D eigenvalue weighted by Crippen LogP contribution is -2.46. The molecule has 5 nitrogen and oxygen atoms in total. The van der Waals surface area contributed by atoms with E-state index >= 15 is 0 Å². The second kappa shape index (κ2) is 6.68. The summed E-state index contributed by atoms with van der Waals surface area (Å²) in [7, 11) is 0. The first-order valence-electron chi connectivity index (χ1n) is 7.02. The van der Waals surface area contributed by atoms with Gasteiger partial charge < -0.3 is 4.74 Å². The van der Waals surface area contributed by atoms with Gasteiger partial charge >= 0.3 is 6.09 Å². The number of ether oxygens (including phenoxy) is 1. The normalized spacial score (nSPS) is 21.1. The van der Waals surface area contributed by atoms with E-state index in [-0.39, 0.29) is 24.3 Å². The molecule has 1 rings (SSSR count). The number of rotatable bonds is 5. The zero-order valence-electron chi connectivity index (χ0n) is 12.8. The minimum absolute atomic E-state index is 0.0972. The van der Waals surface area contributed by atoms with Crippen molar-refractivity contribution in [3.8, 4) is 0 Å². The number of cyclic esters (lactones) is 1. The fraction of sp³-hybridized carbons (Fsp3) is 0.667. The Morgan fingerprint density at radius 3 is 2.50 bits per heavy atom. The van der Waals surface area contributed by atoms with Crippen molar-refractivity contribution >= 4 is 17.8 Å². The summed E-state index contributed by atoms with van der Waals surface area (Å²) in [6.45, 7) is 9.20. The van der Waals surface area contributed by atoms with Crippen LogP contribution < -0.4 is 0 Å². The number of carbonyl (C=O) groups excluding carboxylic acids is 3. The molecule has 1 heterocycles. The van der Waals surface area contributed by atoms with Crippen LogP contribution in [-0.2, 0) is 14.3 Å². The average Bonchev–Trinajstić information content (AvgIpc) is 2.78. The van der Waals surface area contributed by atoms with Crippen LogP contribution in [0.5, 0.6) is 0 Å². The van der Waals surface area contributed by atoms with Crippen LogP contribution in [0.1, 0.15) is 41.0 Å². The smallest absolute Gasteiger partial charge is 0.417 e. The Balaban J connectivity index is 2.90. The van der Waals surface area contributed by atoms with Gasteiger partial charge in [0, 0.05) is 0 Å². The van der Waals surface area contributed by atoms with Crippen LogP contribution in [0, 0.1) is 11.8 Å². The predicted molar refractivity (Wildman–Crippen MR) is 75.0 cm³/mol. The highest BCUT2D eigenvalue weighted by Crippen LogP contribution is 2.23. The van der Waals surface area contributed by atoms with E-state index in [1.165, 1.54) is 0 Å². The Kier molecular flexibility index (Phi) is 5.48. The van der Waals surface area contributed by atoms with Crippen molar-refractivity contribution in [2.45, 2.75) is 47.1 Å². The van der Waals surface area contributed by atoms with E-state index in [1.807, 2.05) is 20.8 Å². The third kappa shape index (κ3) is 3.26. The summed E-state index contributed by atoms with van der Waals surface area (Å²) in [4.78, 5) is 37.4. The minimum atomic E-state index is -0.857. The molecule has 1 aliphatic heterocycles. The molecule has 1 aliphatic rings. The molecule has 0 aromatic heterocycles. The Morgan fingerprint density at radius 1 is 1.40 bits per heavy atom. The number of Topliss-reactive ketones (excluding diaryl/α,β-unsaturated/α-hetero) is 1. The molecule has 20 heavy (non-hydrogen) atoms. The second-order valence-corrected chi connectivity index (χ2v) is 5.48. The average molecular weight is 281 g/mol. The fourth-order valence-corrected chi connectivity index (χ4v) is 2.25. The first kappa shape index (κ1) is 16.4. The quantitative estimate of drug-likeness (QED) is 0.574. The molecule has 0 aromatic carbocycles. The summed E-state index contributed by atoms with van der Waals surface area (Å²) in [6, 6.07) is -0.291. The van der Waals surface area contributed by atoms with E-state index in [1.54, 1.807) is 19.9 Å². The molecule has 1 saturated heterocycles. The number of allylic oxidation sites excluding steroid dienone is 2. The van der Waals surface area contributed by atoms with E-state index in [0.717, 1.165) is 11.3 Å². The number of nitrogens with zero attached hydrogens (tertiary/aromatic N) is 1. The zero-order valence-corrected chi connectivity index (χ0v) is 12.8. The fourth-order valence-electron chi connectivity index (χ4n) is 2.25. The third-order valence-corrected chi connectivity index (χ3v) is 3.58. The molecule has 0 bridgehead atoms. The first-order valence-corrected chi connectivity index (χ1v) is 7.02. The molecule has 0 spiro atoms. The van der Waals surface area contributed by atoms with Gasteiger partial charge in [-0.15, -0.1) is 0 Å². The Bertz CT molecular complexity index is 439. The van der Waals surface area contributed by atoms with Gasteiger partial charge in [-0.05, 0) is 31.8 Å². The van der Waals surface area contributed by atoms with Crippen LogP contribution in [0.15, 0.2) is 11.6 Å². The summed E-state index contributed by atoms with van der Waals surface area (Å²) < 4.78 is 4.94. The number of hydrogen-bond acceptors (Lipinski definition) is 4. The highest BCUT2D eigenvalue weighted by molar-refractivity contribution is 6.12. The van der Waals surface area contributed by atoms with Gasteiger partial charge in [-0.3, -0.25) is 9.59 Å². The lowest BCUT2D eigenvalue weighted by atomic mass is 9.96. The number of ketones is 1. The first-order chi connectivity index (χ1) is 9.31. The third-order valence-electron chi connectivity index (χ3n) is 3.58. The molecule has 5 heteroatoms. The number of amides is 2. The Morgan fingerprint density at radius 2 is 2.00 bits per heavy atom. The van der Waals surface area contributed by atoms with Crippen LogP contribution in [0.25, 0.3) is 0 Å². The lowest BCUT2D eigenvalue weighted by molar-refractivity contribution is -0.138. The number of imide groups is 1. The van der Waals surface area contributed by atoms with Gasteiger partial charge in [0.1, 0.15) is 6.61 Å². The molecule has 0 radical (unpaired) electrons. The zero-order chi connectivity index (χ0) is 15.4. The van der Waals surface area contributed by atoms with E-state index in [0.29, 0.717) is 5.57 Å². The molecule has 0 aromatic rings. The Hall–Kier alpha value is -1.65. The van der Waals surface area contributed by atoms with Crippen LogP contribution in [0.2, 0.25) is 0 Å². The molecule has 0 aliphatic carbocycles. The van der Waals surface area contributed by atoms with Crippen LogP contribution in [0.4, 0.5) is 4.79 Å². The maximum Gasteiger partial charge on any atom is 0.417 e. The standard InChI is InChI=1S/C15H23NO4/c1-6-7-10(4)13(17)11(5)14(18)16-12(9(2)3)8-20-15(16)19/h7,9,11-12H,6,8H2,1-5H3/b10-7+/t11-,12-/m1/s1. The summed E-state index contributed by atoms with van der Waals surface area (Å²) in [5, 5.41) is 0. The monoisotopic (exact) mass is 281 g/mol. The minimum Gasteiger partial charge on any atom is -0.447 e. The number of hydrogen-bond donors (Lipinski definition) is 0. The largest absolute Gasteiger partial charge is 0.447 e. The molecule has 1 fully saturated rings. The van der Waals surface area contributed by atoms with Crippen molar-refractivity contribution in [3.63, 3.8) is 0 Å². The van der Waals surface area contributed by atoms with E-state index < -0.39 is 17.9 Å². The molecule has 0 saturated carbocycles. The molecular formula is C15H23NO4. The van der Waals surface area contributed by atoms with Gasteiger partial charge in [-0.2, -0.15) is 0 Å². The van der Waals surface area contributed by atoms with E-state index in [2.05, 4.69) is 0 Å². The molecule has 112 valence electrons. The summed E-state index contributed by atoms with van der Waals surface area (Å²) in [6.07, 6.45) is 1.87. The van der Waals surface area contributed by atoms with E-state index in [4.69, 9.17) is 4.74 Å². The molecule has 0 N–H and O–H groups in total. The van der Waals surface area contributed by atoms with Crippen LogP contribution in [0.3, 0.4) is 0 Å². The van der Waals surface area contributed by atoms with Crippen molar-refractivity contribution in [2.75, 3.05) is 6.61 Å².